The van der Waals surface area contributed by atoms with Crippen LogP contribution in [0.4, 0.5) is 26.3 Å². The molecule has 0 unspecified atom stereocenters. The molecule has 0 aliphatic rings. The Kier molecular flexibility index (Phi) is 4.33. The molecule has 0 bridgehead atoms. The second kappa shape index (κ2) is 5.31. The first kappa shape index (κ1) is 16.3. The van der Waals surface area contributed by atoms with E-state index >= 15 is 0 Å². The summed E-state index contributed by atoms with van der Waals surface area (Å²) < 4.78 is 75.3. The van der Waals surface area contributed by atoms with E-state index in [0.717, 1.165) is 0 Å². The molecule has 3 N–H and O–H groups in total. The average molecular weight is 300 g/mol. The molecule has 0 amide bonds. The minimum atomic E-state index is -5.91. The van der Waals surface area contributed by atoms with Crippen LogP contribution in [-0.2, 0) is 0 Å². The molecular formula is C11H10F6N2O. The van der Waals surface area contributed by atoms with E-state index in [1.807, 2.05) is 0 Å². The van der Waals surface area contributed by atoms with Gasteiger partial charge in [0.05, 0.1) is 5.71 Å². The van der Waals surface area contributed by atoms with E-state index in [1.165, 1.54) is 30.3 Å². The third-order valence-electron chi connectivity index (χ3n) is 2.62. The molecule has 0 radical (unpaired) electrons. The average Bonchev–Trinajstić information content (AvgIpc) is 2.34. The van der Waals surface area contributed by atoms with E-state index in [1.54, 1.807) is 0 Å². The van der Waals surface area contributed by atoms with Gasteiger partial charge in [0.2, 0.25) is 0 Å². The zero-order valence-corrected chi connectivity index (χ0v) is 9.83. The third-order valence-corrected chi connectivity index (χ3v) is 2.62. The fraction of sp³-hybridized carbons (Fsp3) is 0.364. The molecule has 0 saturated heterocycles. The lowest BCUT2D eigenvalue weighted by Gasteiger charge is -2.32. The molecule has 0 spiro atoms. The Morgan fingerprint density at radius 3 is 1.80 bits per heavy atom. The summed E-state index contributed by atoms with van der Waals surface area (Å²) >= 11 is 0. The molecule has 0 atom stereocenters. The van der Waals surface area contributed by atoms with Gasteiger partial charge in [-0.25, -0.2) is 0 Å². The van der Waals surface area contributed by atoms with E-state index in [9.17, 15) is 26.3 Å². The van der Waals surface area contributed by atoms with Crippen LogP contribution in [0.2, 0.25) is 0 Å². The van der Waals surface area contributed by atoms with Crippen LogP contribution in [0.15, 0.2) is 35.4 Å². The molecule has 9 heteroatoms. The summed E-state index contributed by atoms with van der Waals surface area (Å²) in [5.41, 5.74) is -5.65. The Morgan fingerprint density at radius 2 is 1.45 bits per heavy atom. The highest BCUT2D eigenvalue weighted by molar-refractivity contribution is 6.01. The fourth-order valence-corrected chi connectivity index (χ4v) is 1.46. The summed E-state index contributed by atoms with van der Waals surface area (Å²) in [5, 5.41) is 12.0. The van der Waals surface area contributed by atoms with Crippen LogP contribution in [0.5, 0.6) is 0 Å². The molecule has 0 saturated carbocycles. The number of hydrogen-bond donors (Lipinski definition) is 2. The van der Waals surface area contributed by atoms with Gasteiger partial charge in [-0.05, 0) is 5.56 Å². The lowest BCUT2D eigenvalue weighted by atomic mass is 9.92. The van der Waals surface area contributed by atoms with Gasteiger partial charge in [0, 0.05) is 6.42 Å². The van der Waals surface area contributed by atoms with Crippen LogP contribution in [0.3, 0.4) is 0 Å². The number of aliphatic hydroxyl groups is 1. The number of hydrazone groups is 1. The fourth-order valence-electron chi connectivity index (χ4n) is 1.46. The number of nitrogens with zero attached hydrogens (tertiary/aromatic N) is 1. The van der Waals surface area contributed by atoms with Crippen LogP contribution < -0.4 is 5.84 Å². The predicted molar refractivity (Wildman–Crippen MR) is 58.8 cm³/mol. The van der Waals surface area contributed by atoms with E-state index in [4.69, 9.17) is 10.9 Å². The van der Waals surface area contributed by atoms with E-state index in [0.29, 0.717) is 0 Å². The van der Waals surface area contributed by atoms with Crippen molar-refractivity contribution in [1.82, 2.24) is 0 Å². The molecule has 112 valence electrons. The summed E-state index contributed by atoms with van der Waals surface area (Å²) in [6.07, 6.45) is -13.6. The van der Waals surface area contributed by atoms with Crippen molar-refractivity contribution in [3.63, 3.8) is 0 Å². The standard InChI is InChI=1S/C11H10F6N2O/c12-10(13,14)9(20,11(15,16)17)6-8(19-18)7-4-2-1-3-5-7/h1-5,20H,6,18H2/b19-8-. The normalized spacial score (nSPS) is 14.4. The van der Waals surface area contributed by atoms with Gasteiger partial charge in [-0.15, -0.1) is 0 Å². The Labute approximate surface area is 109 Å². The van der Waals surface area contributed by atoms with Gasteiger partial charge >= 0.3 is 12.4 Å². The molecule has 1 aromatic rings. The predicted octanol–water partition coefficient (Wildman–Crippen LogP) is 2.60. The van der Waals surface area contributed by atoms with E-state index in [2.05, 4.69) is 5.10 Å². The Balaban J connectivity index is 3.21. The molecule has 1 aromatic carbocycles. The van der Waals surface area contributed by atoms with Crippen molar-refractivity contribution in [2.45, 2.75) is 24.4 Å². The molecule has 0 aliphatic heterocycles. The molecule has 3 nitrogen and oxygen atoms in total. The molecular weight excluding hydrogens is 290 g/mol. The summed E-state index contributed by atoms with van der Waals surface area (Å²) in [5.74, 6) is 4.84. The second-order valence-corrected chi connectivity index (χ2v) is 3.97. The molecule has 0 aromatic heterocycles. The lowest BCUT2D eigenvalue weighted by Crippen LogP contribution is -2.58. The van der Waals surface area contributed by atoms with Crippen molar-refractivity contribution in [3.8, 4) is 0 Å². The Morgan fingerprint density at radius 1 is 1.00 bits per heavy atom. The van der Waals surface area contributed by atoms with Crippen LogP contribution in [0.25, 0.3) is 0 Å². The van der Waals surface area contributed by atoms with Gasteiger partial charge in [0.15, 0.2) is 0 Å². The highest BCUT2D eigenvalue weighted by atomic mass is 19.4. The molecule has 0 heterocycles. The maximum absolute atomic E-state index is 12.5. The van der Waals surface area contributed by atoms with Gasteiger partial charge in [-0.2, -0.15) is 31.4 Å². The number of rotatable bonds is 3. The van der Waals surface area contributed by atoms with Gasteiger partial charge in [0.25, 0.3) is 5.60 Å². The van der Waals surface area contributed by atoms with Crippen LogP contribution in [0, 0.1) is 0 Å². The van der Waals surface area contributed by atoms with Crippen molar-refractivity contribution in [2.75, 3.05) is 0 Å². The third kappa shape index (κ3) is 3.03. The summed E-state index contributed by atoms with van der Waals surface area (Å²) in [6, 6.07) is 6.76. The quantitative estimate of drug-likeness (QED) is 0.390. The lowest BCUT2D eigenvalue weighted by molar-refractivity contribution is -0.365. The molecule has 1 rings (SSSR count). The van der Waals surface area contributed by atoms with Crippen LogP contribution in [-0.4, -0.2) is 28.8 Å². The zero-order valence-electron chi connectivity index (χ0n) is 9.83. The van der Waals surface area contributed by atoms with Gasteiger partial charge in [-0.3, -0.25) is 0 Å². The van der Waals surface area contributed by atoms with Crippen LogP contribution in [0.1, 0.15) is 12.0 Å². The molecule has 0 aliphatic carbocycles. The highest BCUT2D eigenvalue weighted by Crippen LogP contribution is 2.45. The largest absolute Gasteiger partial charge is 0.426 e. The number of alkyl halides is 6. The molecule has 20 heavy (non-hydrogen) atoms. The Bertz CT molecular complexity index is 466. The summed E-state index contributed by atoms with van der Waals surface area (Å²) in [4.78, 5) is 0. The van der Waals surface area contributed by atoms with E-state index < -0.39 is 30.1 Å². The number of benzene rings is 1. The van der Waals surface area contributed by atoms with Crippen LogP contribution >= 0.6 is 0 Å². The van der Waals surface area contributed by atoms with E-state index in [-0.39, 0.29) is 5.56 Å². The minimum Gasteiger partial charge on any atom is -0.373 e. The minimum absolute atomic E-state index is 0.0399. The van der Waals surface area contributed by atoms with Crippen molar-refractivity contribution in [1.29, 1.82) is 0 Å². The number of nitrogens with two attached hydrogens (primary N) is 1. The maximum Gasteiger partial charge on any atom is 0.426 e. The second-order valence-electron chi connectivity index (χ2n) is 3.97. The highest BCUT2D eigenvalue weighted by Gasteiger charge is 2.70. The van der Waals surface area contributed by atoms with Gasteiger partial charge in [0.1, 0.15) is 0 Å². The van der Waals surface area contributed by atoms with Crippen molar-refractivity contribution >= 4 is 5.71 Å². The smallest absolute Gasteiger partial charge is 0.373 e. The SMILES string of the molecule is N/N=C(/CC(O)(C(F)(F)F)C(F)(F)F)c1ccccc1. The summed E-state index contributed by atoms with van der Waals surface area (Å²) in [6.45, 7) is 0. The first-order valence-electron chi connectivity index (χ1n) is 5.21. The first-order chi connectivity index (χ1) is 9.03. The summed E-state index contributed by atoms with van der Waals surface area (Å²) in [7, 11) is 0. The Hall–Kier alpha value is -1.77. The molecule has 0 fully saturated rings. The number of hydrogen-bond acceptors (Lipinski definition) is 3. The van der Waals surface area contributed by atoms with Crippen molar-refractivity contribution < 1.29 is 31.4 Å². The van der Waals surface area contributed by atoms with Gasteiger partial charge in [-0.1, -0.05) is 30.3 Å². The zero-order chi connectivity index (χ0) is 15.6. The first-order valence-corrected chi connectivity index (χ1v) is 5.21. The van der Waals surface area contributed by atoms with Crippen molar-refractivity contribution in [2.24, 2.45) is 10.9 Å². The van der Waals surface area contributed by atoms with Gasteiger partial charge < -0.3 is 10.9 Å². The van der Waals surface area contributed by atoms with Crippen molar-refractivity contribution in [3.05, 3.63) is 35.9 Å². The topological polar surface area (TPSA) is 58.6 Å². The number of halogens is 6. The maximum atomic E-state index is 12.5. The monoisotopic (exact) mass is 300 g/mol.